The first-order valence-electron chi connectivity index (χ1n) is 12.1. The number of amides is 1. The maximum atomic E-state index is 13.7. The van der Waals surface area contributed by atoms with Crippen LogP contribution in [-0.4, -0.2) is 25.6 Å². The maximum absolute atomic E-state index is 13.7. The van der Waals surface area contributed by atoms with Crippen molar-refractivity contribution in [1.29, 1.82) is 0 Å². The van der Waals surface area contributed by atoms with E-state index in [2.05, 4.69) is 4.72 Å². The fourth-order valence-corrected chi connectivity index (χ4v) is 9.45. The number of primary amides is 1. The van der Waals surface area contributed by atoms with Crippen molar-refractivity contribution in [1.82, 2.24) is 4.72 Å². The van der Waals surface area contributed by atoms with Crippen molar-refractivity contribution < 1.29 is 18.0 Å². The zero-order valence-electron chi connectivity index (χ0n) is 18.8. The molecule has 4 bridgehead atoms. The van der Waals surface area contributed by atoms with Crippen molar-refractivity contribution in [3.63, 3.8) is 0 Å². The molecule has 0 saturated heterocycles. The van der Waals surface area contributed by atoms with E-state index >= 15 is 0 Å². The van der Waals surface area contributed by atoms with Crippen LogP contribution in [0.5, 0.6) is 0 Å². The van der Waals surface area contributed by atoms with Gasteiger partial charge in [0, 0.05) is 11.8 Å². The van der Waals surface area contributed by atoms with Gasteiger partial charge in [0.05, 0.1) is 10.4 Å². The number of nitrogens with two attached hydrogens (primary N) is 1. The minimum absolute atomic E-state index is 0.0396. The number of Topliss-reactive ketones (excluding diaryl/α,β-unsaturated/α-hetero) is 1. The molecule has 0 radical (unpaired) electrons. The highest BCUT2D eigenvalue weighted by Crippen LogP contribution is 2.63. The molecule has 2 unspecified atom stereocenters. The number of sulfonamides is 1. The van der Waals surface area contributed by atoms with Gasteiger partial charge in [-0.1, -0.05) is 31.0 Å². The quantitative estimate of drug-likeness (QED) is 0.652. The summed E-state index contributed by atoms with van der Waals surface area (Å²) >= 11 is 0. The molecule has 3 N–H and O–H groups in total. The topological polar surface area (TPSA) is 106 Å². The first kappa shape index (κ1) is 22.1. The van der Waals surface area contributed by atoms with Gasteiger partial charge in [0.15, 0.2) is 5.78 Å². The number of benzene rings is 1. The van der Waals surface area contributed by atoms with Crippen LogP contribution < -0.4 is 10.5 Å². The van der Waals surface area contributed by atoms with Crippen molar-refractivity contribution >= 4 is 21.7 Å². The van der Waals surface area contributed by atoms with E-state index in [0.29, 0.717) is 42.6 Å². The third-order valence-electron chi connectivity index (χ3n) is 9.12. The summed E-state index contributed by atoms with van der Waals surface area (Å²) in [6.07, 6.45) is 7.91. The third kappa shape index (κ3) is 3.52. The molecule has 7 heteroatoms. The smallest absolute Gasteiger partial charge is 0.241 e. The number of rotatable bonds is 7. The third-order valence-corrected chi connectivity index (χ3v) is 10.8. The van der Waals surface area contributed by atoms with Crippen LogP contribution in [0.15, 0.2) is 29.2 Å². The van der Waals surface area contributed by atoms with Gasteiger partial charge in [0.25, 0.3) is 0 Å². The molecule has 1 amide bonds. The summed E-state index contributed by atoms with van der Waals surface area (Å²) in [5.74, 6) is 1.37. The summed E-state index contributed by atoms with van der Waals surface area (Å²) in [6.45, 7) is 1.78. The number of carbonyl (C=O) groups excluding carboxylic acids is 2. The lowest BCUT2D eigenvalue weighted by Crippen LogP contribution is -2.58. The average Bonchev–Trinajstić information content (AvgIpc) is 3.19. The van der Waals surface area contributed by atoms with Crippen LogP contribution in [0, 0.1) is 36.0 Å². The molecule has 5 aliphatic rings. The summed E-state index contributed by atoms with van der Waals surface area (Å²) in [7, 11) is -3.79. The molecule has 6 nitrogen and oxygen atoms in total. The van der Waals surface area contributed by atoms with E-state index in [1.165, 1.54) is 0 Å². The second kappa shape index (κ2) is 7.66. The molecule has 6 rings (SSSR count). The molecule has 5 saturated carbocycles. The lowest BCUT2D eigenvalue weighted by atomic mass is 9.45. The van der Waals surface area contributed by atoms with Crippen molar-refractivity contribution in [3.05, 3.63) is 29.8 Å². The Labute approximate surface area is 190 Å². The Bertz CT molecular complexity index is 1030. The molecule has 5 aliphatic carbocycles. The predicted molar refractivity (Wildman–Crippen MR) is 121 cm³/mol. The predicted octanol–water partition coefficient (Wildman–Crippen LogP) is 3.47. The highest BCUT2D eigenvalue weighted by atomic mass is 32.2. The van der Waals surface area contributed by atoms with E-state index in [1.807, 2.05) is 6.07 Å². The molecule has 32 heavy (non-hydrogen) atoms. The molecule has 0 spiro atoms. The van der Waals surface area contributed by atoms with Crippen LogP contribution >= 0.6 is 0 Å². The lowest BCUT2D eigenvalue weighted by molar-refractivity contribution is -0.152. The second-order valence-corrected chi connectivity index (χ2v) is 12.7. The van der Waals surface area contributed by atoms with Gasteiger partial charge in [-0.3, -0.25) is 9.59 Å². The monoisotopic (exact) mass is 458 g/mol. The molecule has 174 valence electrons. The van der Waals surface area contributed by atoms with Gasteiger partial charge in [-0.15, -0.1) is 0 Å². The van der Waals surface area contributed by atoms with E-state index in [9.17, 15) is 18.0 Å². The Morgan fingerprint density at radius 1 is 1.06 bits per heavy atom. The number of carbonyl (C=O) groups is 2. The Balaban J connectivity index is 1.37. The Kier molecular flexibility index (Phi) is 5.28. The molecular weight excluding hydrogens is 424 g/mol. The number of ketones is 1. The molecule has 0 aliphatic heterocycles. The fraction of sp³-hybridized carbons (Fsp3) is 0.680. The van der Waals surface area contributed by atoms with Crippen molar-refractivity contribution in [2.75, 3.05) is 0 Å². The van der Waals surface area contributed by atoms with Crippen LogP contribution in [0.3, 0.4) is 0 Å². The standard InChI is InChI=1S/C25H34N2O4S/c1-16-6-2-3-7-21(16)32(30,31)27-25(8-4-5-9-25)22(28)12-20-18-10-17-11-19(20)15-24(13-17,14-18)23(26)29/h2-3,6-7,17-20,27H,4-5,8-15H2,1H3,(H2,26,29). The minimum Gasteiger partial charge on any atom is -0.369 e. The first-order chi connectivity index (χ1) is 15.1. The summed E-state index contributed by atoms with van der Waals surface area (Å²) < 4.78 is 29.4. The zero-order chi connectivity index (χ0) is 22.7. The van der Waals surface area contributed by atoms with E-state index in [4.69, 9.17) is 5.73 Å². The van der Waals surface area contributed by atoms with Crippen LogP contribution in [0.4, 0.5) is 0 Å². The van der Waals surface area contributed by atoms with Gasteiger partial charge < -0.3 is 5.73 Å². The summed E-state index contributed by atoms with van der Waals surface area (Å²) in [5, 5.41) is 0. The van der Waals surface area contributed by atoms with E-state index in [1.54, 1.807) is 25.1 Å². The van der Waals surface area contributed by atoms with E-state index in [-0.39, 0.29) is 27.9 Å². The van der Waals surface area contributed by atoms with E-state index < -0.39 is 15.6 Å². The molecule has 5 fully saturated rings. The van der Waals surface area contributed by atoms with Gasteiger partial charge in [-0.05, 0) is 87.2 Å². The number of aryl methyl sites for hydroxylation is 1. The molecule has 2 atom stereocenters. The lowest BCUT2D eigenvalue weighted by Gasteiger charge is -2.59. The van der Waals surface area contributed by atoms with Crippen LogP contribution in [0.25, 0.3) is 0 Å². The van der Waals surface area contributed by atoms with Crippen LogP contribution in [-0.2, 0) is 19.6 Å². The highest BCUT2D eigenvalue weighted by Gasteiger charge is 2.58. The van der Waals surface area contributed by atoms with Gasteiger partial charge >= 0.3 is 0 Å². The number of hydrogen-bond acceptors (Lipinski definition) is 4. The Morgan fingerprint density at radius 3 is 2.28 bits per heavy atom. The molecule has 1 aromatic carbocycles. The van der Waals surface area contributed by atoms with Crippen molar-refractivity contribution in [2.45, 2.75) is 81.6 Å². The zero-order valence-corrected chi connectivity index (χ0v) is 19.6. The number of hydrogen-bond donors (Lipinski definition) is 2. The Morgan fingerprint density at radius 2 is 1.69 bits per heavy atom. The van der Waals surface area contributed by atoms with Crippen LogP contribution in [0.2, 0.25) is 0 Å². The summed E-state index contributed by atoms with van der Waals surface area (Å²) in [6, 6.07) is 6.91. The second-order valence-electron chi connectivity index (χ2n) is 11.1. The fourth-order valence-electron chi connectivity index (χ4n) is 7.76. The normalized spacial score (nSPS) is 35.2. The SMILES string of the molecule is Cc1ccccc1S(=O)(=O)NC1(C(=O)CC2C3CC4CC2CC(C(N)=O)(C4)C3)CCCC1. The largest absolute Gasteiger partial charge is 0.369 e. The molecule has 1 aromatic rings. The van der Waals surface area contributed by atoms with Gasteiger partial charge in [0.2, 0.25) is 15.9 Å². The minimum atomic E-state index is -3.79. The summed E-state index contributed by atoms with van der Waals surface area (Å²) in [5.41, 5.74) is 5.12. The average molecular weight is 459 g/mol. The van der Waals surface area contributed by atoms with Crippen LogP contribution in [0.1, 0.15) is 69.8 Å². The first-order valence-corrected chi connectivity index (χ1v) is 13.6. The van der Waals surface area contributed by atoms with E-state index in [0.717, 1.165) is 44.9 Å². The summed E-state index contributed by atoms with van der Waals surface area (Å²) in [4.78, 5) is 26.2. The van der Waals surface area contributed by atoms with Crippen molar-refractivity contribution in [2.24, 2.45) is 34.8 Å². The Hall–Kier alpha value is -1.73. The van der Waals surface area contributed by atoms with Gasteiger partial charge in [-0.2, -0.15) is 4.72 Å². The molecule has 0 heterocycles. The molecular formula is C25H34N2O4S. The van der Waals surface area contributed by atoms with Gasteiger partial charge in [-0.25, -0.2) is 8.42 Å². The number of nitrogens with one attached hydrogen (secondary N) is 1. The molecule has 0 aromatic heterocycles. The maximum Gasteiger partial charge on any atom is 0.241 e. The van der Waals surface area contributed by atoms with Crippen molar-refractivity contribution in [3.8, 4) is 0 Å². The van der Waals surface area contributed by atoms with Gasteiger partial charge in [0.1, 0.15) is 0 Å². The highest BCUT2D eigenvalue weighted by molar-refractivity contribution is 7.89.